The molecule has 0 aromatic carbocycles. The fourth-order valence-electron chi connectivity index (χ4n) is 0.800. The topological polar surface area (TPSA) is 87.7 Å². The lowest BCUT2D eigenvalue weighted by molar-refractivity contribution is 0.100. The van der Waals surface area contributed by atoms with Gasteiger partial charge in [0.05, 0.1) is 6.07 Å². The molecule has 0 amide bonds. The van der Waals surface area contributed by atoms with Crippen LogP contribution in [-0.4, -0.2) is 16.0 Å². The zero-order valence-corrected chi connectivity index (χ0v) is 6.20. The van der Waals surface area contributed by atoms with Crippen molar-refractivity contribution < 1.29 is 19.4 Å². The highest BCUT2D eigenvalue weighted by molar-refractivity contribution is 5.98. The van der Waals surface area contributed by atoms with E-state index in [4.69, 9.17) is 10.2 Å². The zero-order chi connectivity index (χ0) is 9.30. The highest BCUT2D eigenvalue weighted by atomic mass is 16.5. The first-order valence-corrected chi connectivity index (χ1v) is 3.09. The van der Waals surface area contributed by atoms with Crippen LogP contribution in [0.25, 0.3) is 0 Å². The minimum atomic E-state index is -0.907. The van der Waals surface area contributed by atoms with Gasteiger partial charge in [0, 0.05) is 0 Å². The molecular weight excluding hydrogens is 164 g/mol. The van der Waals surface area contributed by atoms with Crippen LogP contribution in [0, 0.1) is 0 Å². The first-order chi connectivity index (χ1) is 5.52. The number of carbonyl (C=O) groups excluding carboxylic acids is 1. The summed E-state index contributed by atoms with van der Waals surface area (Å²) in [5, 5.41) is 17.9. The molecule has 1 aromatic heterocycles. The second-order valence-corrected chi connectivity index (χ2v) is 2.19. The van der Waals surface area contributed by atoms with Crippen LogP contribution in [0.15, 0.2) is 15.3 Å². The summed E-state index contributed by atoms with van der Waals surface area (Å²) in [6.45, 7) is 1.13. The quantitative estimate of drug-likeness (QED) is 0.590. The SMILES string of the molecule is CC(=O)c1c(O)cc(=O)oc1O. The lowest BCUT2D eigenvalue weighted by atomic mass is 10.2. The molecule has 2 N–H and O–H groups in total. The van der Waals surface area contributed by atoms with Crippen molar-refractivity contribution in [2.75, 3.05) is 0 Å². The molecule has 1 heterocycles. The summed E-state index contributed by atoms with van der Waals surface area (Å²) in [7, 11) is 0. The summed E-state index contributed by atoms with van der Waals surface area (Å²) in [4.78, 5) is 21.2. The zero-order valence-electron chi connectivity index (χ0n) is 6.20. The van der Waals surface area contributed by atoms with Crippen LogP contribution in [0.3, 0.4) is 0 Å². The number of carbonyl (C=O) groups is 1. The van der Waals surface area contributed by atoms with Crippen molar-refractivity contribution in [2.45, 2.75) is 6.92 Å². The van der Waals surface area contributed by atoms with Gasteiger partial charge < -0.3 is 14.6 Å². The van der Waals surface area contributed by atoms with E-state index in [0.29, 0.717) is 0 Å². The molecule has 0 spiro atoms. The molecule has 0 aliphatic rings. The van der Waals surface area contributed by atoms with Gasteiger partial charge in [0.1, 0.15) is 11.3 Å². The maximum Gasteiger partial charge on any atom is 0.342 e. The molecule has 5 nitrogen and oxygen atoms in total. The third kappa shape index (κ3) is 1.29. The van der Waals surface area contributed by atoms with Crippen molar-refractivity contribution in [2.24, 2.45) is 0 Å². The van der Waals surface area contributed by atoms with Crippen molar-refractivity contribution in [3.8, 4) is 11.7 Å². The average Bonchev–Trinajstić information content (AvgIpc) is 1.82. The molecule has 0 aliphatic heterocycles. The molecular formula is C7H6O5. The van der Waals surface area contributed by atoms with E-state index in [2.05, 4.69) is 4.42 Å². The Balaban J connectivity index is 3.48. The monoisotopic (exact) mass is 170 g/mol. The van der Waals surface area contributed by atoms with Gasteiger partial charge in [-0.1, -0.05) is 0 Å². The molecule has 0 radical (unpaired) electrons. The number of hydrogen-bond acceptors (Lipinski definition) is 5. The van der Waals surface area contributed by atoms with Crippen LogP contribution >= 0.6 is 0 Å². The molecule has 1 aromatic rings. The van der Waals surface area contributed by atoms with Crippen LogP contribution in [-0.2, 0) is 0 Å². The van der Waals surface area contributed by atoms with Crippen molar-refractivity contribution in [3.63, 3.8) is 0 Å². The lowest BCUT2D eigenvalue weighted by Gasteiger charge is -1.99. The highest BCUT2D eigenvalue weighted by Crippen LogP contribution is 2.23. The summed E-state index contributed by atoms with van der Waals surface area (Å²) in [5.41, 5.74) is -1.29. The van der Waals surface area contributed by atoms with Crippen molar-refractivity contribution in [1.29, 1.82) is 0 Å². The van der Waals surface area contributed by atoms with Gasteiger partial charge >= 0.3 is 5.63 Å². The molecule has 0 saturated carbocycles. The van der Waals surface area contributed by atoms with Crippen LogP contribution in [0.1, 0.15) is 17.3 Å². The van der Waals surface area contributed by atoms with E-state index in [1.54, 1.807) is 0 Å². The molecule has 64 valence electrons. The van der Waals surface area contributed by atoms with E-state index in [1.807, 2.05) is 0 Å². The molecule has 0 saturated heterocycles. The van der Waals surface area contributed by atoms with Crippen LogP contribution < -0.4 is 5.63 Å². The van der Waals surface area contributed by atoms with Gasteiger partial charge in [-0.25, -0.2) is 4.79 Å². The smallest absolute Gasteiger partial charge is 0.342 e. The Kier molecular flexibility index (Phi) is 1.86. The van der Waals surface area contributed by atoms with Gasteiger partial charge in [-0.05, 0) is 6.92 Å². The van der Waals surface area contributed by atoms with E-state index in [1.165, 1.54) is 0 Å². The minimum absolute atomic E-state index is 0.380. The van der Waals surface area contributed by atoms with Crippen LogP contribution in [0.2, 0.25) is 0 Å². The Hall–Kier alpha value is -1.78. The molecule has 0 unspecified atom stereocenters. The second-order valence-electron chi connectivity index (χ2n) is 2.19. The number of rotatable bonds is 1. The van der Waals surface area contributed by atoms with Gasteiger partial charge in [-0.2, -0.15) is 0 Å². The summed E-state index contributed by atoms with van der Waals surface area (Å²) in [6, 6.07) is 0.719. The van der Waals surface area contributed by atoms with Crippen molar-refractivity contribution in [1.82, 2.24) is 0 Å². The number of hydrogen-bond donors (Lipinski definition) is 2. The number of ketones is 1. The Labute approximate surface area is 66.9 Å². The van der Waals surface area contributed by atoms with Gasteiger partial charge in [-0.3, -0.25) is 4.79 Å². The lowest BCUT2D eigenvalue weighted by Crippen LogP contribution is -2.01. The summed E-state index contributed by atoms with van der Waals surface area (Å²) in [5.74, 6) is -2.00. The van der Waals surface area contributed by atoms with Gasteiger partial charge in [0.15, 0.2) is 5.78 Å². The Morgan fingerprint density at radius 3 is 2.50 bits per heavy atom. The fourth-order valence-corrected chi connectivity index (χ4v) is 0.800. The normalized spacial score (nSPS) is 9.75. The van der Waals surface area contributed by atoms with Crippen molar-refractivity contribution >= 4 is 5.78 Å². The Morgan fingerprint density at radius 2 is 2.08 bits per heavy atom. The largest absolute Gasteiger partial charge is 0.507 e. The predicted molar refractivity (Wildman–Crippen MR) is 38.3 cm³/mol. The van der Waals surface area contributed by atoms with E-state index in [-0.39, 0.29) is 5.56 Å². The second kappa shape index (κ2) is 2.69. The highest BCUT2D eigenvalue weighted by Gasteiger charge is 2.15. The van der Waals surface area contributed by atoms with Gasteiger partial charge in [0.25, 0.3) is 5.95 Å². The van der Waals surface area contributed by atoms with E-state index >= 15 is 0 Å². The molecule has 12 heavy (non-hydrogen) atoms. The van der Waals surface area contributed by atoms with E-state index in [9.17, 15) is 9.59 Å². The minimum Gasteiger partial charge on any atom is -0.507 e. The summed E-state index contributed by atoms with van der Waals surface area (Å²) < 4.78 is 4.17. The number of aromatic hydroxyl groups is 2. The molecule has 0 aliphatic carbocycles. The van der Waals surface area contributed by atoms with Crippen LogP contribution in [0.5, 0.6) is 11.7 Å². The molecule has 0 atom stereocenters. The first-order valence-electron chi connectivity index (χ1n) is 3.09. The van der Waals surface area contributed by atoms with Gasteiger partial charge in [0.2, 0.25) is 0 Å². The maximum atomic E-state index is 10.7. The summed E-state index contributed by atoms with van der Waals surface area (Å²) in [6.07, 6.45) is 0. The van der Waals surface area contributed by atoms with Crippen molar-refractivity contribution in [3.05, 3.63) is 22.0 Å². The average molecular weight is 170 g/mol. The first kappa shape index (κ1) is 8.32. The molecule has 5 heteroatoms. The molecule has 0 fully saturated rings. The Morgan fingerprint density at radius 1 is 1.50 bits per heavy atom. The third-order valence-corrected chi connectivity index (χ3v) is 1.27. The summed E-state index contributed by atoms with van der Waals surface area (Å²) >= 11 is 0. The maximum absolute atomic E-state index is 10.7. The standard InChI is InChI=1S/C7H6O5/c1-3(8)6-4(9)2-5(10)12-7(6)11/h2,9,11H,1H3. The van der Waals surface area contributed by atoms with Gasteiger partial charge in [-0.15, -0.1) is 0 Å². The molecule has 1 rings (SSSR count). The number of Topliss-reactive ketones (excluding diaryl/α,β-unsaturated/α-hetero) is 1. The van der Waals surface area contributed by atoms with E-state index in [0.717, 1.165) is 13.0 Å². The Bertz CT molecular complexity index is 350. The fraction of sp³-hybridized carbons (Fsp3) is 0.143. The molecule has 0 bridgehead atoms. The van der Waals surface area contributed by atoms with E-state index < -0.39 is 23.1 Å². The van der Waals surface area contributed by atoms with Crippen LogP contribution in [0.4, 0.5) is 0 Å². The predicted octanol–water partition coefficient (Wildman–Crippen LogP) is 0.254. The third-order valence-electron chi connectivity index (χ3n) is 1.27.